The summed E-state index contributed by atoms with van der Waals surface area (Å²) in [5.41, 5.74) is 5.93. The Bertz CT molecular complexity index is 296. The average molecular weight is 195 g/mol. The molecule has 0 aliphatic heterocycles. The molecule has 2 rings (SSSR count). The molecule has 0 saturated heterocycles. The van der Waals surface area contributed by atoms with Gasteiger partial charge >= 0.3 is 0 Å². The summed E-state index contributed by atoms with van der Waals surface area (Å²) in [6, 6.07) is 0. The number of tetrazole rings is 1. The average Bonchev–Trinajstić information content (AvgIpc) is 2.65. The fraction of sp³-hybridized carbons (Fsp3) is 0.889. The van der Waals surface area contributed by atoms with E-state index in [2.05, 4.69) is 34.5 Å². The van der Waals surface area contributed by atoms with E-state index in [9.17, 15) is 0 Å². The van der Waals surface area contributed by atoms with Crippen molar-refractivity contribution in [3.63, 3.8) is 0 Å². The number of aromatic nitrogens is 4. The molecule has 1 aromatic heterocycles. The molecule has 3 N–H and O–H groups in total. The summed E-state index contributed by atoms with van der Waals surface area (Å²) in [5.74, 6) is 2.04. The summed E-state index contributed by atoms with van der Waals surface area (Å²) >= 11 is 0. The zero-order chi connectivity index (χ0) is 10.2. The number of aromatic amines is 1. The zero-order valence-corrected chi connectivity index (χ0v) is 8.70. The van der Waals surface area contributed by atoms with Crippen molar-refractivity contribution in [2.24, 2.45) is 17.6 Å². The van der Waals surface area contributed by atoms with Crippen molar-refractivity contribution in [3.8, 4) is 0 Å². The van der Waals surface area contributed by atoms with E-state index in [1.54, 1.807) is 0 Å². The second-order valence-electron chi connectivity index (χ2n) is 4.59. The Hall–Kier alpha value is -0.970. The van der Waals surface area contributed by atoms with Crippen molar-refractivity contribution < 1.29 is 0 Å². The van der Waals surface area contributed by atoms with Crippen LogP contribution in [0.3, 0.4) is 0 Å². The van der Waals surface area contributed by atoms with Gasteiger partial charge in [0.25, 0.3) is 0 Å². The highest BCUT2D eigenvalue weighted by Crippen LogP contribution is 2.38. The fourth-order valence-corrected chi connectivity index (χ4v) is 2.22. The second kappa shape index (κ2) is 3.31. The SMILES string of the molecule is CC1CCC(N)(c2nn[nH]n2)CC1C. The van der Waals surface area contributed by atoms with Gasteiger partial charge in [0.1, 0.15) is 0 Å². The molecule has 5 heteroatoms. The van der Waals surface area contributed by atoms with Crippen LogP contribution in [-0.4, -0.2) is 20.6 Å². The van der Waals surface area contributed by atoms with E-state index in [0.717, 1.165) is 25.2 Å². The van der Waals surface area contributed by atoms with Gasteiger partial charge in [0.2, 0.25) is 0 Å². The molecule has 1 aliphatic rings. The first kappa shape index (κ1) is 9.58. The standard InChI is InChI=1S/C9H17N5/c1-6-3-4-9(10,5-7(6)2)8-11-13-14-12-8/h6-7H,3-5,10H2,1-2H3,(H,11,12,13,14). The number of nitrogens with one attached hydrogen (secondary N) is 1. The fourth-order valence-electron chi connectivity index (χ4n) is 2.22. The van der Waals surface area contributed by atoms with Gasteiger partial charge in [0, 0.05) is 0 Å². The van der Waals surface area contributed by atoms with Gasteiger partial charge in [0.15, 0.2) is 5.82 Å². The van der Waals surface area contributed by atoms with E-state index in [0.29, 0.717) is 11.7 Å². The molecule has 1 saturated carbocycles. The Balaban J connectivity index is 2.18. The van der Waals surface area contributed by atoms with E-state index >= 15 is 0 Å². The minimum atomic E-state index is -0.362. The Morgan fingerprint density at radius 1 is 1.43 bits per heavy atom. The lowest BCUT2D eigenvalue weighted by Crippen LogP contribution is -2.44. The third kappa shape index (κ3) is 1.52. The molecular formula is C9H17N5. The quantitative estimate of drug-likeness (QED) is 0.695. The van der Waals surface area contributed by atoms with Crippen LogP contribution in [0.5, 0.6) is 0 Å². The molecule has 14 heavy (non-hydrogen) atoms. The number of hydrogen-bond donors (Lipinski definition) is 2. The van der Waals surface area contributed by atoms with Crippen molar-refractivity contribution in [1.29, 1.82) is 0 Å². The zero-order valence-electron chi connectivity index (χ0n) is 8.70. The maximum atomic E-state index is 6.29. The lowest BCUT2D eigenvalue weighted by atomic mass is 9.71. The number of H-pyrrole nitrogens is 1. The van der Waals surface area contributed by atoms with Gasteiger partial charge in [-0.15, -0.1) is 10.2 Å². The summed E-state index contributed by atoms with van der Waals surface area (Å²) in [7, 11) is 0. The number of nitrogens with zero attached hydrogens (tertiary/aromatic N) is 3. The molecule has 0 amide bonds. The maximum absolute atomic E-state index is 6.29. The molecule has 78 valence electrons. The third-order valence-electron chi connectivity index (χ3n) is 3.49. The minimum Gasteiger partial charge on any atom is -0.319 e. The highest BCUT2D eigenvalue weighted by Gasteiger charge is 2.38. The van der Waals surface area contributed by atoms with Crippen molar-refractivity contribution in [1.82, 2.24) is 20.6 Å². The molecule has 0 spiro atoms. The van der Waals surface area contributed by atoms with Gasteiger partial charge in [-0.3, -0.25) is 0 Å². The number of hydrogen-bond acceptors (Lipinski definition) is 4. The largest absolute Gasteiger partial charge is 0.319 e. The predicted octanol–water partition coefficient (Wildman–Crippen LogP) is 0.810. The van der Waals surface area contributed by atoms with Crippen LogP contribution < -0.4 is 5.73 Å². The van der Waals surface area contributed by atoms with Crippen LogP contribution in [0.1, 0.15) is 38.9 Å². The highest BCUT2D eigenvalue weighted by molar-refractivity contribution is 5.04. The summed E-state index contributed by atoms with van der Waals surface area (Å²) in [6.45, 7) is 4.52. The lowest BCUT2D eigenvalue weighted by molar-refractivity contribution is 0.169. The van der Waals surface area contributed by atoms with Crippen LogP contribution in [0.4, 0.5) is 0 Å². The van der Waals surface area contributed by atoms with Crippen LogP contribution >= 0.6 is 0 Å². The van der Waals surface area contributed by atoms with Gasteiger partial charge in [-0.25, -0.2) is 0 Å². The molecule has 5 nitrogen and oxygen atoms in total. The molecule has 1 fully saturated rings. The molecule has 3 atom stereocenters. The molecule has 0 aromatic carbocycles. The Kier molecular flexibility index (Phi) is 2.26. The minimum absolute atomic E-state index is 0.362. The molecule has 0 radical (unpaired) electrons. The Morgan fingerprint density at radius 2 is 2.21 bits per heavy atom. The van der Waals surface area contributed by atoms with Crippen LogP contribution in [0.15, 0.2) is 0 Å². The molecular weight excluding hydrogens is 178 g/mol. The van der Waals surface area contributed by atoms with Crippen LogP contribution in [0.2, 0.25) is 0 Å². The van der Waals surface area contributed by atoms with Crippen LogP contribution in [0, 0.1) is 11.8 Å². The summed E-state index contributed by atoms with van der Waals surface area (Å²) in [4.78, 5) is 0. The van der Waals surface area contributed by atoms with Crippen molar-refractivity contribution in [2.75, 3.05) is 0 Å². The molecule has 1 heterocycles. The van der Waals surface area contributed by atoms with Gasteiger partial charge in [-0.1, -0.05) is 19.1 Å². The number of rotatable bonds is 1. The second-order valence-corrected chi connectivity index (χ2v) is 4.59. The van der Waals surface area contributed by atoms with Gasteiger partial charge in [-0.2, -0.15) is 5.21 Å². The summed E-state index contributed by atoms with van der Waals surface area (Å²) < 4.78 is 0. The molecule has 3 unspecified atom stereocenters. The lowest BCUT2D eigenvalue weighted by Gasteiger charge is -2.37. The monoisotopic (exact) mass is 195 g/mol. The highest BCUT2D eigenvalue weighted by atomic mass is 15.5. The summed E-state index contributed by atoms with van der Waals surface area (Å²) in [5, 5.41) is 14.0. The van der Waals surface area contributed by atoms with Gasteiger partial charge < -0.3 is 5.73 Å². The first-order valence-corrected chi connectivity index (χ1v) is 5.14. The normalized spacial score (nSPS) is 38.5. The van der Waals surface area contributed by atoms with Crippen LogP contribution in [-0.2, 0) is 5.54 Å². The molecule has 1 aliphatic carbocycles. The Labute approximate surface area is 83.5 Å². The van der Waals surface area contributed by atoms with Crippen molar-refractivity contribution in [2.45, 2.75) is 38.6 Å². The topological polar surface area (TPSA) is 80.5 Å². The number of nitrogens with two attached hydrogens (primary N) is 1. The van der Waals surface area contributed by atoms with Gasteiger partial charge in [0.05, 0.1) is 5.54 Å². The van der Waals surface area contributed by atoms with Crippen LogP contribution in [0.25, 0.3) is 0 Å². The maximum Gasteiger partial charge on any atom is 0.194 e. The summed E-state index contributed by atoms with van der Waals surface area (Å²) in [6.07, 6.45) is 3.05. The Morgan fingerprint density at radius 3 is 2.79 bits per heavy atom. The van der Waals surface area contributed by atoms with E-state index in [4.69, 9.17) is 5.73 Å². The smallest absolute Gasteiger partial charge is 0.194 e. The third-order valence-corrected chi connectivity index (χ3v) is 3.49. The van der Waals surface area contributed by atoms with E-state index in [1.165, 1.54) is 0 Å². The van der Waals surface area contributed by atoms with Gasteiger partial charge in [-0.05, 0) is 31.1 Å². The van der Waals surface area contributed by atoms with E-state index in [1.807, 2.05) is 0 Å². The van der Waals surface area contributed by atoms with E-state index in [-0.39, 0.29) is 5.54 Å². The van der Waals surface area contributed by atoms with Crippen molar-refractivity contribution >= 4 is 0 Å². The molecule has 1 aromatic rings. The van der Waals surface area contributed by atoms with E-state index < -0.39 is 0 Å². The molecule has 0 bridgehead atoms. The van der Waals surface area contributed by atoms with Crippen molar-refractivity contribution in [3.05, 3.63) is 5.82 Å². The first-order chi connectivity index (χ1) is 6.62. The first-order valence-electron chi connectivity index (χ1n) is 5.14. The predicted molar refractivity (Wildman–Crippen MR) is 52.2 cm³/mol.